The molecule has 0 saturated heterocycles. The molecule has 0 fully saturated rings. The maximum Gasteiger partial charge on any atom is 0.416 e. The van der Waals surface area contributed by atoms with Crippen molar-refractivity contribution in [1.29, 1.82) is 0 Å². The molecule has 0 bridgehead atoms. The second-order valence-corrected chi connectivity index (χ2v) is 7.95. The minimum absolute atomic E-state index is 0.111. The number of halogens is 6. The minimum Gasteiger partial charge on any atom is -0.491 e. The Morgan fingerprint density at radius 2 is 1.54 bits per heavy atom. The Kier molecular flexibility index (Phi) is 5.09. The second kappa shape index (κ2) is 6.96. The largest absolute Gasteiger partial charge is 0.491 e. The van der Waals surface area contributed by atoms with E-state index >= 15 is 0 Å². The molecule has 0 unspecified atom stereocenters. The molecule has 1 aliphatic heterocycles. The molecule has 1 heterocycles. The monoisotopic (exact) mass is 425 g/mol. The minimum atomic E-state index is -4.73. The van der Waals surface area contributed by atoms with Gasteiger partial charge in [-0.3, -0.25) is 0 Å². The molecule has 0 atom stereocenters. The molecule has 0 spiro atoms. The van der Waals surface area contributed by atoms with Crippen LogP contribution < -0.4 is 4.74 Å². The van der Waals surface area contributed by atoms with Gasteiger partial charge in [0.05, 0.1) is 5.56 Å². The number of ether oxygens (including phenoxy) is 1. The predicted molar refractivity (Wildman–Crippen MR) is 87.2 cm³/mol. The molecule has 3 rings (SSSR count). The third-order valence-corrected chi connectivity index (χ3v) is 5.93. The van der Waals surface area contributed by atoms with Crippen molar-refractivity contribution in [3.63, 3.8) is 0 Å². The molecule has 152 valence electrons. The van der Waals surface area contributed by atoms with E-state index in [1.54, 1.807) is 0 Å². The van der Waals surface area contributed by atoms with Gasteiger partial charge < -0.3 is 4.74 Å². The molecule has 0 aliphatic carbocycles. The molecule has 11 heteroatoms. The standard InChI is InChI=1S/C17H13F6NO3S/c18-16(19,20)10-24-7-8-27-14-6-3-12(9-15(14)28(24,25)26)11-1-4-13(5-2-11)17(21,22)23/h1-6,9H,7-8,10H2. The number of fused-ring (bicyclic) bond motifs is 1. The van der Waals surface area contributed by atoms with E-state index in [2.05, 4.69) is 0 Å². The number of sulfonamides is 1. The van der Waals surface area contributed by atoms with Gasteiger partial charge in [-0.1, -0.05) is 18.2 Å². The molecular weight excluding hydrogens is 412 g/mol. The normalized spacial score (nSPS) is 17.5. The van der Waals surface area contributed by atoms with Gasteiger partial charge in [0.25, 0.3) is 0 Å². The van der Waals surface area contributed by atoms with Crippen molar-refractivity contribution in [3.05, 3.63) is 48.0 Å². The van der Waals surface area contributed by atoms with Crippen LogP contribution in [-0.2, 0) is 16.2 Å². The van der Waals surface area contributed by atoms with Gasteiger partial charge in [0.1, 0.15) is 23.8 Å². The van der Waals surface area contributed by atoms with Crippen LogP contribution in [0, 0.1) is 0 Å². The summed E-state index contributed by atoms with van der Waals surface area (Å²) in [6, 6.07) is 7.78. The van der Waals surface area contributed by atoms with E-state index in [9.17, 15) is 34.8 Å². The molecule has 4 nitrogen and oxygen atoms in total. The summed E-state index contributed by atoms with van der Waals surface area (Å²) in [5, 5.41) is 0. The van der Waals surface area contributed by atoms with Crippen molar-refractivity contribution < 1.29 is 39.5 Å². The van der Waals surface area contributed by atoms with Crippen molar-refractivity contribution in [3.8, 4) is 16.9 Å². The highest BCUT2D eigenvalue weighted by Crippen LogP contribution is 2.36. The average molecular weight is 425 g/mol. The molecule has 2 aromatic carbocycles. The van der Waals surface area contributed by atoms with Gasteiger partial charge in [0, 0.05) is 6.54 Å². The van der Waals surface area contributed by atoms with Gasteiger partial charge in [0.2, 0.25) is 10.0 Å². The molecular formula is C17H13F6NO3S. The zero-order chi connectivity index (χ0) is 20.7. The van der Waals surface area contributed by atoms with E-state index in [0.717, 1.165) is 30.3 Å². The van der Waals surface area contributed by atoms with Crippen LogP contribution in [0.4, 0.5) is 26.3 Å². The Bertz CT molecular complexity index is 968. The second-order valence-electron chi connectivity index (χ2n) is 6.04. The van der Waals surface area contributed by atoms with Gasteiger partial charge in [-0.2, -0.15) is 30.6 Å². The SMILES string of the molecule is O=S1(=O)c2cc(-c3ccc(C(F)(F)F)cc3)ccc2OCCN1CC(F)(F)F. The van der Waals surface area contributed by atoms with E-state index in [4.69, 9.17) is 4.74 Å². The third-order valence-electron chi connectivity index (χ3n) is 4.06. The summed E-state index contributed by atoms with van der Waals surface area (Å²) < 4.78 is 107. The molecule has 0 aromatic heterocycles. The number of alkyl halides is 6. The van der Waals surface area contributed by atoms with E-state index in [1.165, 1.54) is 12.1 Å². The van der Waals surface area contributed by atoms with Crippen LogP contribution in [0.2, 0.25) is 0 Å². The lowest BCUT2D eigenvalue weighted by Crippen LogP contribution is -2.39. The van der Waals surface area contributed by atoms with Gasteiger partial charge >= 0.3 is 12.4 Å². The van der Waals surface area contributed by atoms with Gasteiger partial charge in [-0.25, -0.2) is 8.42 Å². The van der Waals surface area contributed by atoms with Crippen molar-refractivity contribution >= 4 is 10.0 Å². The first-order chi connectivity index (χ1) is 12.9. The fourth-order valence-electron chi connectivity index (χ4n) is 2.74. The number of nitrogens with zero attached hydrogens (tertiary/aromatic N) is 1. The van der Waals surface area contributed by atoms with E-state index in [0.29, 0.717) is 0 Å². The Morgan fingerprint density at radius 3 is 2.11 bits per heavy atom. The maximum atomic E-state index is 12.7. The lowest BCUT2D eigenvalue weighted by molar-refractivity contribution is -0.138. The van der Waals surface area contributed by atoms with Gasteiger partial charge in [0.15, 0.2) is 0 Å². The highest BCUT2D eigenvalue weighted by molar-refractivity contribution is 7.89. The first-order valence-corrected chi connectivity index (χ1v) is 9.33. The molecule has 28 heavy (non-hydrogen) atoms. The Morgan fingerprint density at radius 1 is 0.929 bits per heavy atom. The highest BCUT2D eigenvalue weighted by Gasteiger charge is 2.39. The molecule has 0 saturated carbocycles. The summed E-state index contributed by atoms with van der Waals surface area (Å²) in [6.45, 7) is -2.41. The Hall–Kier alpha value is -2.27. The number of hydrogen-bond acceptors (Lipinski definition) is 3. The summed E-state index contributed by atoms with van der Waals surface area (Å²) in [5.74, 6) is -0.111. The van der Waals surface area contributed by atoms with Crippen molar-refractivity contribution in [1.82, 2.24) is 4.31 Å². The van der Waals surface area contributed by atoms with Crippen LogP contribution in [0.25, 0.3) is 11.1 Å². The molecule has 0 amide bonds. The summed E-state index contributed by atoms with van der Waals surface area (Å²) in [7, 11) is -4.51. The highest BCUT2D eigenvalue weighted by atomic mass is 32.2. The molecule has 0 N–H and O–H groups in total. The number of hydrogen-bond donors (Lipinski definition) is 0. The van der Waals surface area contributed by atoms with Crippen LogP contribution in [0.15, 0.2) is 47.4 Å². The summed E-state index contributed by atoms with van der Waals surface area (Å²) in [6.07, 6.45) is -9.26. The molecule has 1 aliphatic rings. The van der Waals surface area contributed by atoms with Crippen molar-refractivity contribution in [2.75, 3.05) is 19.7 Å². The van der Waals surface area contributed by atoms with Gasteiger partial charge in [-0.15, -0.1) is 0 Å². The maximum absolute atomic E-state index is 12.7. The van der Waals surface area contributed by atoms with Crippen LogP contribution >= 0.6 is 0 Å². The summed E-state index contributed by atoms with van der Waals surface area (Å²) >= 11 is 0. The quantitative estimate of drug-likeness (QED) is 0.674. The first-order valence-electron chi connectivity index (χ1n) is 7.89. The Balaban J connectivity index is 2.02. The van der Waals surface area contributed by atoms with Crippen molar-refractivity contribution in [2.24, 2.45) is 0 Å². The smallest absolute Gasteiger partial charge is 0.416 e. The molecule has 0 radical (unpaired) electrons. The van der Waals surface area contributed by atoms with E-state index in [1.807, 2.05) is 0 Å². The average Bonchev–Trinajstić information content (AvgIpc) is 2.70. The van der Waals surface area contributed by atoms with Crippen molar-refractivity contribution in [2.45, 2.75) is 17.2 Å². The third kappa shape index (κ3) is 4.25. The fraction of sp³-hybridized carbons (Fsp3) is 0.294. The van der Waals surface area contributed by atoms with Crippen LogP contribution in [0.3, 0.4) is 0 Å². The lowest BCUT2D eigenvalue weighted by Gasteiger charge is -2.20. The van der Waals surface area contributed by atoms with Crippen LogP contribution in [0.1, 0.15) is 5.56 Å². The van der Waals surface area contributed by atoms with Crippen LogP contribution in [-0.4, -0.2) is 38.6 Å². The zero-order valence-electron chi connectivity index (χ0n) is 14.0. The van der Waals surface area contributed by atoms with Crippen LogP contribution in [0.5, 0.6) is 5.75 Å². The first kappa shape index (κ1) is 20.5. The Labute approximate surface area is 156 Å². The summed E-state index contributed by atoms with van der Waals surface area (Å²) in [4.78, 5) is -0.466. The zero-order valence-corrected chi connectivity index (χ0v) is 14.8. The number of benzene rings is 2. The predicted octanol–water partition coefficient (Wildman–Crippen LogP) is 4.32. The lowest BCUT2D eigenvalue weighted by atomic mass is 10.0. The number of rotatable bonds is 2. The summed E-state index contributed by atoms with van der Waals surface area (Å²) in [5.41, 5.74) is -0.371. The van der Waals surface area contributed by atoms with E-state index in [-0.39, 0.29) is 27.8 Å². The van der Waals surface area contributed by atoms with E-state index < -0.39 is 45.9 Å². The molecule has 2 aromatic rings. The van der Waals surface area contributed by atoms with Gasteiger partial charge in [-0.05, 0) is 35.4 Å². The topological polar surface area (TPSA) is 46.6 Å². The fourth-order valence-corrected chi connectivity index (χ4v) is 4.31.